The zero-order valence-electron chi connectivity index (χ0n) is 14.3. The number of hydrogen-bond acceptors (Lipinski definition) is 3. The van der Waals surface area contributed by atoms with E-state index in [0.29, 0.717) is 26.1 Å². The van der Waals surface area contributed by atoms with Crippen LogP contribution in [0, 0.1) is 0 Å². The van der Waals surface area contributed by atoms with Crippen LogP contribution in [-0.4, -0.2) is 17.5 Å². The molecular weight excluding hydrogens is 469 g/mol. The molecule has 1 aromatic heterocycles. The molecule has 0 saturated carbocycles. The first kappa shape index (κ1) is 20.3. The number of halogens is 2. The highest BCUT2D eigenvalue weighted by Crippen LogP contribution is 2.56. The van der Waals surface area contributed by atoms with E-state index in [1.165, 1.54) is 29.1 Å². The third-order valence-corrected chi connectivity index (χ3v) is 7.45. The molecule has 2 atom stereocenters. The van der Waals surface area contributed by atoms with E-state index < -0.39 is 18.9 Å². The number of carbonyl (C=O) groups excluding carboxylic acids is 1. The molecule has 3 rings (SSSR count). The fourth-order valence-electron chi connectivity index (χ4n) is 2.91. The van der Waals surface area contributed by atoms with Crippen LogP contribution in [0.5, 0.6) is 0 Å². The Kier molecular flexibility index (Phi) is 5.94. The second kappa shape index (κ2) is 7.90. The molecule has 0 aliphatic heterocycles. The van der Waals surface area contributed by atoms with Crippen LogP contribution in [0.3, 0.4) is 0 Å². The van der Waals surface area contributed by atoms with Gasteiger partial charge in [-0.05, 0) is 62.6 Å². The van der Waals surface area contributed by atoms with Crippen molar-refractivity contribution >= 4 is 67.9 Å². The molecule has 4 nitrogen and oxygen atoms in total. The van der Waals surface area contributed by atoms with Gasteiger partial charge in [-0.3, -0.25) is 14.3 Å². The number of hydrogen-bond donors (Lipinski definition) is 1. The minimum Gasteiger partial charge on any atom is -0.344 e. The summed E-state index contributed by atoms with van der Waals surface area (Å²) in [5.41, 5.74) is -0.182. The van der Waals surface area contributed by atoms with E-state index in [1.807, 2.05) is 12.1 Å². The maximum absolute atomic E-state index is 13.4. The highest BCUT2D eigenvalue weighted by atomic mass is 79.9. The van der Waals surface area contributed by atoms with Crippen molar-refractivity contribution in [3.8, 4) is 0 Å². The average Bonchev–Trinajstić information content (AvgIpc) is 2.99. The summed E-state index contributed by atoms with van der Waals surface area (Å²) in [5.74, 6) is -0.523. The van der Waals surface area contributed by atoms with E-state index in [2.05, 4.69) is 22.5 Å². The predicted molar refractivity (Wildman–Crippen MR) is 117 cm³/mol. The molecule has 0 aliphatic carbocycles. The van der Waals surface area contributed by atoms with E-state index in [9.17, 15) is 14.3 Å². The quantitative estimate of drug-likeness (QED) is 0.424. The number of benzene rings is 2. The Hall–Kier alpha value is -1.43. The van der Waals surface area contributed by atoms with Gasteiger partial charge in [0.2, 0.25) is 13.3 Å². The number of nitrogens with zero attached hydrogens (tertiary/aromatic N) is 1. The molecule has 0 fully saturated rings. The summed E-state index contributed by atoms with van der Waals surface area (Å²) in [6.07, 6.45) is 1.35. The van der Waals surface area contributed by atoms with Crippen molar-refractivity contribution in [3.63, 3.8) is 0 Å². The molecular formula is C19H16BrClNO3PS. The average molecular weight is 485 g/mol. The number of fused-ring (bicyclic) bond motifs is 1. The fraction of sp³-hybridized carbons (Fsp3) is 0.105. The van der Waals surface area contributed by atoms with E-state index in [4.69, 9.17) is 11.6 Å². The molecule has 1 N–H and O–H groups in total. The van der Waals surface area contributed by atoms with Crippen molar-refractivity contribution in [3.05, 3.63) is 75.7 Å². The van der Waals surface area contributed by atoms with E-state index in [0.717, 1.165) is 4.70 Å². The van der Waals surface area contributed by atoms with E-state index in [-0.39, 0.29) is 0 Å². The van der Waals surface area contributed by atoms with E-state index in [1.54, 1.807) is 35.7 Å². The van der Waals surface area contributed by atoms with Crippen molar-refractivity contribution in [1.29, 1.82) is 0 Å². The van der Waals surface area contributed by atoms with Crippen molar-refractivity contribution in [2.24, 2.45) is 0 Å². The Morgan fingerprint density at radius 1 is 1.37 bits per heavy atom. The summed E-state index contributed by atoms with van der Waals surface area (Å²) in [5, 5.41) is 2.96. The molecule has 3 aromatic rings. The number of rotatable bonds is 5. The van der Waals surface area contributed by atoms with Gasteiger partial charge in [-0.1, -0.05) is 30.3 Å². The van der Waals surface area contributed by atoms with Gasteiger partial charge in [0.1, 0.15) is 5.66 Å². The molecule has 0 radical (unpaired) electrons. The molecule has 1 amide bonds. The molecule has 0 saturated heterocycles. The summed E-state index contributed by atoms with van der Waals surface area (Å²) in [4.78, 5) is 25.1. The highest BCUT2D eigenvalue weighted by molar-refractivity contribution is 9.10. The zero-order valence-corrected chi connectivity index (χ0v) is 18.4. The Morgan fingerprint density at radius 3 is 2.70 bits per heavy atom. The second-order valence-corrected chi connectivity index (χ2v) is 10.6. The number of para-hydroxylation sites is 1. The molecule has 2 aromatic carbocycles. The van der Waals surface area contributed by atoms with Crippen LogP contribution in [-0.2, 0) is 9.36 Å². The molecule has 8 heteroatoms. The minimum atomic E-state index is -3.83. The van der Waals surface area contributed by atoms with Gasteiger partial charge in [0.05, 0.1) is 5.69 Å². The Morgan fingerprint density at radius 2 is 2.07 bits per heavy atom. The lowest BCUT2D eigenvalue weighted by Crippen LogP contribution is -2.30. The van der Waals surface area contributed by atoms with Crippen LogP contribution in [0.25, 0.3) is 10.1 Å². The van der Waals surface area contributed by atoms with Crippen molar-refractivity contribution in [1.82, 2.24) is 0 Å². The van der Waals surface area contributed by atoms with Crippen molar-refractivity contribution in [2.75, 3.05) is 11.6 Å². The van der Waals surface area contributed by atoms with Crippen LogP contribution in [0.4, 0.5) is 5.69 Å². The summed E-state index contributed by atoms with van der Waals surface area (Å²) < 4.78 is 14.3. The van der Waals surface area contributed by atoms with Crippen LogP contribution in [0.2, 0.25) is 5.02 Å². The Balaban J connectivity index is 2.16. The van der Waals surface area contributed by atoms with Gasteiger partial charge in [0, 0.05) is 27.1 Å². The van der Waals surface area contributed by atoms with Gasteiger partial charge in [0.25, 0.3) is 0 Å². The molecule has 27 heavy (non-hydrogen) atoms. The van der Waals surface area contributed by atoms with Crippen molar-refractivity contribution in [2.45, 2.75) is 5.66 Å². The smallest absolute Gasteiger partial charge is 0.248 e. The molecule has 0 aliphatic rings. The first-order valence-electron chi connectivity index (χ1n) is 7.90. The maximum atomic E-state index is 13.4. The van der Waals surface area contributed by atoms with Gasteiger partial charge in [0.15, 0.2) is 0 Å². The number of carbonyl (C=O) groups is 1. The third kappa shape index (κ3) is 4.05. The predicted octanol–water partition coefficient (Wildman–Crippen LogP) is 6.44. The summed E-state index contributed by atoms with van der Waals surface area (Å²) >= 11 is 10.9. The van der Waals surface area contributed by atoms with Crippen LogP contribution in [0.15, 0.2) is 65.1 Å². The molecule has 0 spiro atoms. The summed E-state index contributed by atoms with van der Waals surface area (Å²) in [6.45, 7) is 4.92. The van der Waals surface area contributed by atoms with Crippen LogP contribution < -0.4 is 4.90 Å². The highest BCUT2D eigenvalue weighted by Gasteiger charge is 2.39. The topological polar surface area (TPSA) is 57.6 Å². The lowest BCUT2D eigenvalue weighted by Gasteiger charge is -2.26. The molecule has 0 bridgehead atoms. The van der Waals surface area contributed by atoms with Gasteiger partial charge >= 0.3 is 0 Å². The summed E-state index contributed by atoms with van der Waals surface area (Å²) in [7, 11) is -3.83. The van der Waals surface area contributed by atoms with Gasteiger partial charge < -0.3 is 4.89 Å². The van der Waals surface area contributed by atoms with Gasteiger partial charge in [-0.15, -0.1) is 11.3 Å². The van der Waals surface area contributed by atoms with Crippen LogP contribution >= 0.6 is 46.2 Å². The molecule has 1 heterocycles. The fourth-order valence-corrected chi connectivity index (χ4v) is 5.89. The lowest BCUT2D eigenvalue weighted by atomic mass is 10.1. The normalized spacial score (nSPS) is 14.5. The zero-order chi connectivity index (χ0) is 19.8. The standard InChI is InChI=1S/C19H16BrClNO3PS/c1-3-22(16-7-5-4-6-15(16)20)19(23)18(26(2,24)25)14-11-27-17-9-8-12(21)10-13(14)17/h3-11,18H,1H2,2H3,(H,24,25). The SMILES string of the molecule is C=CN(C(=O)C(c1csc2ccc(Cl)cc12)P(C)(=O)O)c1ccccc1Br. The second-order valence-electron chi connectivity index (χ2n) is 6.02. The Bertz CT molecular complexity index is 1080. The van der Waals surface area contributed by atoms with Crippen LogP contribution in [0.1, 0.15) is 11.2 Å². The Labute approximate surface area is 174 Å². The van der Waals surface area contributed by atoms with E-state index >= 15 is 0 Å². The minimum absolute atomic E-state index is 0.495. The first-order valence-corrected chi connectivity index (χ1v) is 12.1. The number of thiophene rings is 1. The molecule has 140 valence electrons. The molecule has 2 unspecified atom stereocenters. The van der Waals surface area contributed by atoms with Gasteiger partial charge in [-0.25, -0.2) is 0 Å². The summed E-state index contributed by atoms with van der Waals surface area (Å²) in [6, 6.07) is 12.4. The lowest BCUT2D eigenvalue weighted by molar-refractivity contribution is -0.117. The van der Waals surface area contributed by atoms with Gasteiger partial charge in [-0.2, -0.15) is 0 Å². The number of amides is 1. The number of anilines is 1. The monoisotopic (exact) mass is 483 g/mol. The van der Waals surface area contributed by atoms with Crippen molar-refractivity contribution < 1.29 is 14.3 Å². The third-order valence-electron chi connectivity index (χ3n) is 4.11. The first-order chi connectivity index (χ1) is 12.7. The maximum Gasteiger partial charge on any atom is 0.248 e. The largest absolute Gasteiger partial charge is 0.344 e.